The molecule has 2 aromatic heterocycles. The molecule has 0 amide bonds. The minimum absolute atomic E-state index is 0.0674. The van der Waals surface area contributed by atoms with Gasteiger partial charge in [-0.05, 0) is 84.0 Å². The molecule has 0 unspecified atom stereocenters. The van der Waals surface area contributed by atoms with Gasteiger partial charge in [-0.2, -0.15) is 0 Å². The largest absolute Gasteiger partial charge is 0.369 e. The van der Waals surface area contributed by atoms with Gasteiger partial charge in [0.05, 0.1) is 6.04 Å². The summed E-state index contributed by atoms with van der Waals surface area (Å²) in [5.41, 5.74) is 5.14. The van der Waals surface area contributed by atoms with Crippen LogP contribution in [0.3, 0.4) is 0 Å². The third-order valence-corrected chi connectivity index (χ3v) is 8.02. The fraction of sp³-hybridized carbons (Fsp3) is 0.429. The molecule has 2 fully saturated rings. The molecule has 0 spiro atoms. The number of rotatable bonds is 5. The number of nitrogens with zero attached hydrogens (tertiary/aromatic N) is 6. The number of benzene rings is 2. The number of nitrogens with one attached hydrogen (secondary N) is 1. The molecule has 1 aliphatic carbocycles. The van der Waals surface area contributed by atoms with E-state index in [-0.39, 0.29) is 11.6 Å². The van der Waals surface area contributed by atoms with Gasteiger partial charge in [0.25, 0.3) is 5.56 Å². The van der Waals surface area contributed by atoms with E-state index < -0.39 is 0 Å². The summed E-state index contributed by atoms with van der Waals surface area (Å²) in [7, 11) is 0. The van der Waals surface area contributed by atoms with Crippen molar-refractivity contribution in [3.8, 4) is 0 Å². The first-order valence-corrected chi connectivity index (χ1v) is 13.0. The van der Waals surface area contributed by atoms with E-state index in [1.54, 1.807) is 0 Å². The number of hydrogen-bond acceptors (Lipinski definition) is 6. The number of tetrazole rings is 1. The Balaban J connectivity index is 1.41. The lowest BCUT2D eigenvalue weighted by atomic mass is 10.00. The molecule has 8 heteroatoms. The highest BCUT2D eigenvalue weighted by molar-refractivity contribution is 5.81. The maximum Gasteiger partial charge on any atom is 0.253 e. The van der Waals surface area contributed by atoms with Crippen LogP contribution in [0.15, 0.2) is 53.3 Å². The Bertz CT molecular complexity index is 1410. The van der Waals surface area contributed by atoms with Gasteiger partial charge in [0.1, 0.15) is 6.04 Å². The fourth-order valence-corrected chi connectivity index (χ4v) is 5.86. The van der Waals surface area contributed by atoms with Crippen LogP contribution in [0.4, 0.5) is 5.69 Å². The number of para-hydroxylation sites is 1. The van der Waals surface area contributed by atoms with Crippen molar-refractivity contribution in [1.82, 2.24) is 30.1 Å². The van der Waals surface area contributed by atoms with Crippen molar-refractivity contribution in [3.63, 3.8) is 0 Å². The Morgan fingerprint density at radius 3 is 2.42 bits per heavy atom. The van der Waals surface area contributed by atoms with Gasteiger partial charge < -0.3 is 9.88 Å². The average molecular weight is 484 g/mol. The number of aromatic amines is 1. The second kappa shape index (κ2) is 9.50. The van der Waals surface area contributed by atoms with Crippen LogP contribution in [0.2, 0.25) is 0 Å². The second-order valence-electron chi connectivity index (χ2n) is 10.3. The number of anilines is 1. The number of aromatic nitrogens is 5. The molecule has 1 N–H and O–H groups in total. The molecule has 4 aromatic rings. The van der Waals surface area contributed by atoms with Crippen molar-refractivity contribution in [2.75, 3.05) is 31.1 Å². The minimum atomic E-state index is -0.298. The summed E-state index contributed by atoms with van der Waals surface area (Å²) in [5.74, 6) is 0.781. The maximum absolute atomic E-state index is 13.6. The van der Waals surface area contributed by atoms with Crippen molar-refractivity contribution >= 4 is 16.6 Å². The predicted molar refractivity (Wildman–Crippen MR) is 141 cm³/mol. The molecule has 6 rings (SSSR count). The summed E-state index contributed by atoms with van der Waals surface area (Å²) in [5, 5.41) is 14.1. The molecule has 1 aliphatic heterocycles. The van der Waals surface area contributed by atoms with Gasteiger partial charge in [-0.3, -0.25) is 9.69 Å². The SMILES string of the molecule is Cc1cc2cc([C@@H](c3nnnn3C3CCCC3)N3CCN(c4ccccc4)CC3)c(=O)[nH]c2cc1C. The van der Waals surface area contributed by atoms with Gasteiger partial charge in [0.2, 0.25) is 0 Å². The minimum Gasteiger partial charge on any atom is -0.369 e. The summed E-state index contributed by atoms with van der Waals surface area (Å²) < 4.78 is 2.01. The zero-order valence-corrected chi connectivity index (χ0v) is 21.0. The van der Waals surface area contributed by atoms with Gasteiger partial charge in [0.15, 0.2) is 5.82 Å². The quantitative estimate of drug-likeness (QED) is 0.459. The van der Waals surface area contributed by atoms with Crippen molar-refractivity contribution in [1.29, 1.82) is 0 Å². The number of pyridine rings is 1. The van der Waals surface area contributed by atoms with Gasteiger partial charge in [-0.15, -0.1) is 5.10 Å². The van der Waals surface area contributed by atoms with Gasteiger partial charge >= 0.3 is 0 Å². The van der Waals surface area contributed by atoms with E-state index in [4.69, 9.17) is 0 Å². The highest BCUT2D eigenvalue weighted by Crippen LogP contribution is 2.34. The Morgan fingerprint density at radius 2 is 1.67 bits per heavy atom. The first kappa shape index (κ1) is 22.9. The molecule has 186 valence electrons. The van der Waals surface area contributed by atoms with Gasteiger partial charge in [0, 0.05) is 42.9 Å². The van der Waals surface area contributed by atoms with Crippen LogP contribution in [0.1, 0.15) is 60.3 Å². The first-order valence-electron chi connectivity index (χ1n) is 13.0. The summed E-state index contributed by atoms with van der Waals surface area (Å²) in [6.45, 7) is 7.60. The number of hydrogen-bond donors (Lipinski definition) is 1. The van der Waals surface area contributed by atoms with Crippen LogP contribution < -0.4 is 10.5 Å². The van der Waals surface area contributed by atoms with Crippen molar-refractivity contribution in [2.45, 2.75) is 51.6 Å². The van der Waals surface area contributed by atoms with Crippen LogP contribution >= 0.6 is 0 Å². The molecule has 1 saturated heterocycles. The Kier molecular flexibility index (Phi) is 6.05. The smallest absolute Gasteiger partial charge is 0.253 e. The predicted octanol–water partition coefficient (Wildman–Crippen LogP) is 4.16. The van der Waals surface area contributed by atoms with Crippen LogP contribution in [0, 0.1) is 13.8 Å². The molecule has 0 bridgehead atoms. The summed E-state index contributed by atoms with van der Waals surface area (Å²) in [6, 6.07) is 16.8. The van der Waals surface area contributed by atoms with E-state index >= 15 is 0 Å². The first-order chi connectivity index (χ1) is 17.6. The van der Waals surface area contributed by atoms with Crippen LogP contribution in [-0.4, -0.2) is 56.3 Å². The van der Waals surface area contributed by atoms with Crippen LogP contribution in [-0.2, 0) is 0 Å². The van der Waals surface area contributed by atoms with E-state index in [0.29, 0.717) is 11.6 Å². The highest BCUT2D eigenvalue weighted by atomic mass is 16.1. The van der Waals surface area contributed by atoms with E-state index in [9.17, 15) is 4.79 Å². The molecule has 0 radical (unpaired) electrons. The third kappa shape index (κ3) is 4.19. The molecule has 3 heterocycles. The summed E-state index contributed by atoms with van der Waals surface area (Å²) >= 11 is 0. The Morgan fingerprint density at radius 1 is 0.944 bits per heavy atom. The van der Waals surface area contributed by atoms with Gasteiger partial charge in [-0.1, -0.05) is 31.0 Å². The standard InChI is InChI=1S/C28H33N7O/c1-19-16-21-18-24(28(36)29-25(21)17-20(19)2)26(27-30-31-32-35(27)23-10-6-7-11-23)34-14-12-33(13-15-34)22-8-4-3-5-9-22/h3-5,8-9,16-18,23,26H,6-7,10-15H2,1-2H3,(H,29,36)/t26-/m0/s1. The van der Waals surface area contributed by atoms with E-state index in [1.165, 1.54) is 29.7 Å². The van der Waals surface area contributed by atoms with Crippen molar-refractivity contribution < 1.29 is 0 Å². The summed E-state index contributed by atoms with van der Waals surface area (Å²) in [6.07, 6.45) is 4.55. The molecule has 2 aromatic carbocycles. The monoisotopic (exact) mass is 483 g/mol. The molecule has 8 nitrogen and oxygen atoms in total. The lowest BCUT2D eigenvalue weighted by Crippen LogP contribution is -2.49. The van der Waals surface area contributed by atoms with E-state index in [1.807, 2.05) is 10.7 Å². The second-order valence-corrected chi connectivity index (χ2v) is 10.3. The van der Waals surface area contributed by atoms with Crippen molar-refractivity contribution in [3.05, 3.63) is 81.4 Å². The lowest BCUT2D eigenvalue weighted by Gasteiger charge is -2.39. The Hall–Kier alpha value is -3.52. The summed E-state index contributed by atoms with van der Waals surface area (Å²) in [4.78, 5) is 21.5. The maximum atomic E-state index is 13.6. The van der Waals surface area contributed by atoms with Crippen molar-refractivity contribution in [2.24, 2.45) is 0 Å². The highest BCUT2D eigenvalue weighted by Gasteiger charge is 2.34. The number of H-pyrrole nitrogens is 1. The molecule has 1 saturated carbocycles. The molecule has 2 aliphatic rings. The molecular formula is C28H33N7O. The molecule has 1 atom stereocenters. The Labute approximate surface area is 210 Å². The zero-order valence-electron chi connectivity index (χ0n) is 21.0. The van der Waals surface area contributed by atoms with E-state index in [0.717, 1.165) is 55.7 Å². The third-order valence-electron chi connectivity index (χ3n) is 8.02. The molecular weight excluding hydrogens is 450 g/mol. The number of aryl methyl sites for hydroxylation is 2. The average Bonchev–Trinajstić information content (AvgIpc) is 3.59. The van der Waals surface area contributed by atoms with Gasteiger partial charge in [-0.25, -0.2) is 4.68 Å². The lowest BCUT2D eigenvalue weighted by molar-refractivity contribution is 0.197. The number of piperazine rings is 1. The van der Waals surface area contributed by atoms with E-state index in [2.05, 4.69) is 86.6 Å². The zero-order chi connectivity index (χ0) is 24.6. The topological polar surface area (TPSA) is 82.9 Å². The van der Waals surface area contributed by atoms with Crippen LogP contribution in [0.5, 0.6) is 0 Å². The number of fused-ring (bicyclic) bond motifs is 1. The molecule has 36 heavy (non-hydrogen) atoms. The fourth-order valence-electron chi connectivity index (χ4n) is 5.86. The normalized spacial score (nSPS) is 18.2. The van der Waals surface area contributed by atoms with Crippen LogP contribution in [0.25, 0.3) is 10.9 Å².